The van der Waals surface area contributed by atoms with Crippen LogP contribution in [0, 0.1) is 0 Å². The molecule has 2 nitrogen and oxygen atoms in total. The first-order valence-corrected chi connectivity index (χ1v) is 8.81. The summed E-state index contributed by atoms with van der Waals surface area (Å²) in [6, 6.07) is 23.2. The maximum atomic E-state index is 5.46. The third-order valence-electron chi connectivity index (χ3n) is 4.61. The van der Waals surface area contributed by atoms with E-state index in [1.165, 1.54) is 22.3 Å². The van der Waals surface area contributed by atoms with E-state index >= 15 is 0 Å². The molecule has 3 aromatic rings. The molecular weight excluding hydrogens is 306 g/mol. The van der Waals surface area contributed by atoms with E-state index in [-0.39, 0.29) is 0 Å². The molecular formula is C23H21NO. The summed E-state index contributed by atoms with van der Waals surface area (Å²) in [5.41, 5.74) is 7.68. The van der Waals surface area contributed by atoms with Gasteiger partial charge in [0.2, 0.25) is 0 Å². The Balaban J connectivity index is 1.57. The molecule has 4 rings (SSSR count). The van der Waals surface area contributed by atoms with E-state index < -0.39 is 0 Å². The van der Waals surface area contributed by atoms with Crippen LogP contribution in [-0.4, -0.2) is 12.8 Å². The number of nitrogens with zero attached hydrogens (tertiary/aromatic N) is 1. The smallest absolute Gasteiger partial charge is 0.119 e. The first-order valence-electron chi connectivity index (χ1n) is 8.81. The summed E-state index contributed by atoms with van der Waals surface area (Å²) in [5, 5.41) is 0. The van der Waals surface area contributed by atoms with E-state index in [2.05, 4.69) is 47.5 Å². The Morgan fingerprint density at radius 3 is 2.48 bits per heavy atom. The van der Waals surface area contributed by atoms with E-state index in [9.17, 15) is 0 Å². The highest BCUT2D eigenvalue weighted by Gasteiger charge is 2.15. The van der Waals surface area contributed by atoms with Crippen molar-refractivity contribution in [2.45, 2.75) is 19.8 Å². The van der Waals surface area contributed by atoms with Crippen molar-refractivity contribution in [3.05, 3.63) is 83.4 Å². The zero-order valence-corrected chi connectivity index (χ0v) is 14.4. The van der Waals surface area contributed by atoms with Crippen molar-refractivity contribution < 1.29 is 4.74 Å². The van der Waals surface area contributed by atoms with Gasteiger partial charge in [-0.1, -0.05) is 36.4 Å². The summed E-state index contributed by atoms with van der Waals surface area (Å²) >= 11 is 0. The zero-order chi connectivity index (χ0) is 17.1. The molecule has 0 atom stereocenters. The minimum absolute atomic E-state index is 0.681. The second kappa shape index (κ2) is 6.94. The zero-order valence-electron chi connectivity index (χ0n) is 14.4. The van der Waals surface area contributed by atoms with Crippen molar-refractivity contribution in [2.24, 2.45) is 4.99 Å². The van der Waals surface area contributed by atoms with Crippen LogP contribution in [0.4, 0.5) is 5.69 Å². The fourth-order valence-corrected chi connectivity index (χ4v) is 3.38. The summed E-state index contributed by atoms with van der Waals surface area (Å²) in [4.78, 5) is 4.59. The van der Waals surface area contributed by atoms with E-state index in [1.54, 1.807) is 0 Å². The van der Waals surface area contributed by atoms with Crippen molar-refractivity contribution in [3.8, 4) is 16.9 Å². The van der Waals surface area contributed by atoms with Crippen LogP contribution in [0.2, 0.25) is 0 Å². The molecule has 2 heteroatoms. The van der Waals surface area contributed by atoms with Crippen LogP contribution in [0.3, 0.4) is 0 Å². The Kier molecular flexibility index (Phi) is 4.34. The van der Waals surface area contributed by atoms with Gasteiger partial charge in [0.1, 0.15) is 5.75 Å². The van der Waals surface area contributed by atoms with E-state index in [0.717, 1.165) is 29.8 Å². The highest BCUT2D eigenvalue weighted by atomic mass is 16.5. The first-order chi connectivity index (χ1) is 12.3. The van der Waals surface area contributed by atoms with Crippen LogP contribution in [0.5, 0.6) is 5.75 Å². The first kappa shape index (κ1) is 15.6. The van der Waals surface area contributed by atoms with Gasteiger partial charge < -0.3 is 4.74 Å². The lowest BCUT2D eigenvalue weighted by molar-refractivity contribution is 0.340. The van der Waals surface area contributed by atoms with Crippen LogP contribution >= 0.6 is 0 Å². The molecule has 0 aliphatic heterocycles. The molecule has 0 spiro atoms. The van der Waals surface area contributed by atoms with Crippen molar-refractivity contribution in [2.75, 3.05) is 6.61 Å². The summed E-state index contributed by atoms with van der Waals surface area (Å²) in [6.45, 7) is 2.67. The summed E-state index contributed by atoms with van der Waals surface area (Å²) in [7, 11) is 0. The number of hydrogen-bond acceptors (Lipinski definition) is 2. The van der Waals surface area contributed by atoms with Crippen LogP contribution in [0.1, 0.15) is 23.6 Å². The van der Waals surface area contributed by atoms with Gasteiger partial charge in [0.15, 0.2) is 0 Å². The molecule has 0 amide bonds. The number of ether oxygens (including phenoxy) is 1. The van der Waals surface area contributed by atoms with Crippen molar-refractivity contribution in [1.82, 2.24) is 0 Å². The standard InChI is InChI=1S/C23H21NO/c1-2-25-21-12-10-20(11-13-21)24-16-17-7-14-23-19(15-17)9-8-18-5-3-4-6-22(18)23/h3-7,10-16H,2,8-9H2,1H3. The van der Waals surface area contributed by atoms with Gasteiger partial charge in [-0.2, -0.15) is 0 Å². The van der Waals surface area contributed by atoms with Crippen LogP contribution in [0.15, 0.2) is 71.7 Å². The Morgan fingerprint density at radius 2 is 1.64 bits per heavy atom. The average molecular weight is 327 g/mol. The van der Waals surface area contributed by atoms with E-state index in [0.29, 0.717) is 6.61 Å². The van der Waals surface area contributed by atoms with Crippen molar-refractivity contribution in [3.63, 3.8) is 0 Å². The lowest BCUT2D eigenvalue weighted by Crippen LogP contribution is -2.04. The SMILES string of the molecule is CCOc1ccc(N=Cc2ccc3c(c2)CCc2ccccc2-3)cc1. The number of aliphatic imine (C=N–C) groups is 1. The Morgan fingerprint density at radius 1 is 0.880 bits per heavy atom. The summed E-state index contributed by atoms with van der Waals surface area (Å²) in [6.07, 6.45) is 4.15. The highest BCUT2D eigenvalue weighted by molar-refractivity contribution is 5.85. The average Bonchev–Trinajstić information content (AvgIpc) is 2.67. The topological polar surface area (TPSA) is 21.6 Å². The minimum atomic E-state index is 0.681. The van der Waals surface area contributed by atoms with Gasteiger partial charge in [-0.15, -0.1) is 0 Å². The van der Waals surface area contributed by atoms with Crippen molar-refractivity contribution >= 4 is 11.9 Å². The number of aryl methyl sites for hydroxylation is 2. The predicted octanol–water partition coefficient (Wildman–Crippen LogP) is 5.60. The Hall–Kier alpha value is -2.87. The third kappa shape index (κ3) is 3.34. The molecule has 0 bridgehead atoms. The lowest BCUT2D eigenvalue weighted by Gasteiger charge is -2.20. The fraction of sp³-hybridized carbons (Fsp3) is 0.174. The Labute approximate surface area is 148 Å². The molecule has 3 aromatic carbocycles. The van der Waals surface area contributed by atoms with Crippen LogP contribution in [0.25, 0.3) is 11.1 Å². The normalized spacial score (nSPS) is 12.7. The molecule has 1 aliphatic carbocycles. The lowest BCUT2D eigenvalue weighted by atomic mass is 9.85. The van der Waals surface area contributed by atoms with Gasteiger partial charge in [-0.05, 0) is 77.9 Å². The molecule has 124 valence electrons. The van der Waals surface area contributed by atoms with Gasteiger partial charge in [-0.25, -0.2) is 0 Å². The number of fused-ring (bicyclic) bond motifs is 3. The number of hydrogen-bond donors (Lipinski definition) is 0. The van der Waals surface area contributed by atoms with E-state index in [1.807, 2.05) is 37.4 Å². The van der Waals surface area contributed by atoms with Gasteiger partial charge in [0, 0.05) is 6.21 Å². The molecule has 0 fully saturated rings. The molecule has 0 heterocycles. The molecule has 0 aromatic heterocycles. The maximum absolute atomic E-state index is 5.46. The summed E-state index contributed by atoms with van der Waals surface area (Å²) < 4.78 is 5.46. The molecule has 0 unspecified atom stereocenters. The molecule has 0 N–H and O–H groups in total. The second-order valence-corrected chi connectivity index (χ2v) is 6.26. The molecule has 0 saturated heterocycles. The molecule has 0 radical (unpaired) electrons. The van der Waals surface area contributed by atoms with Gasteiger partial charge in [0.05, 0.1) is 12.3 Å². The molecule has 25 heavy (non-hydrogen) atoms. The van der Waals surface area contributed by atoms with Crippen molar-refractivity contribution in [1.29, 1.82) is 0 Å². The molecule has 0 saturated carbocycles. The van der Waals surface area contributed by atoms with Crippen LogP contribution < -0.4 is 4.74 Å². The summed E-state index contributed by atoms with van der Waals surface area (Å²) in [5.74, 6) is 0.883. The number of benzene rings is 3. The largest absolute Gasteiger partial charge is 0.494 e. The predicted molar refractivity (Wildman–Crippen MR) is 104 cm³/mol. The minimum Gasteiger partial charge on any atom is -0.494 e. The van der Waals surface area contributed by atoms with Gasteiger partial charge >= 0.3 is 0 Å². The van der Waals surface area contributed by atoms with E-state index in [4.69, 9.17) is 4.74 Å². The number of rotatable bonds is 4. The second-order valence-electron chi connectivity index (χ2n) is 6.26. The maximum Gasteiger partial charge on any atom is 0.119 e. The quantitative estimate of drug-likeness (QED) is 0.571. The van der Waals surface area contributed by atoms with Gasteiger partial charge in [0.25, 0.3) is 0 Å². The highest BCUT2D eigenvalue weighted by Crippen LogP contribution is 2.33. The fourth-order valence-electron chi connectivity index (χ4n) is 3.38. The third-order valence-corrected chi connectivity index (χ3v) is 4.61. The van der Waals surface area contributed by atoms with Crippen LogP contribution in [-0.2, 0) is 12.8 Å². The Bertz CT molecular complexity index is 910. The monoisotopic (exact) mass is 327 g/mol. The molecule has 1 aliphatic rings. The van der Waals surface area contributed by atoms with Gasteiger partial charge in [-0.3, -0.25) is 4.99 Å².